The van der Waals surface area contributed by atoms with Crippen LogP contribution < -0.4 is 10.5 Å². The van der Waals surface area contributed by atoms with Gasteiger partial charge >= 0.3 is 0 Å². The standard InChI is InChI=1S/C10H13NO2/c1-2-6-3-4-8(12)9-7(11)5-13-10(6)9/h3-4,7,12H,2,5,11H2,1H3/t7-/m0/s1. The van der Waals surface area contributed by atoms with Gasteiger partial charge < -0.3 is 15.6 Å². The molecule has 1 atom stereocenters. The van der Waals surface area contributed by atoms with Crippen molar-refractivity contribution in [1.82, 2.24) is 0 Å². The maximum atomic E-state index is 9.56. The van der Waals surface area contributed by atoms with Crippen LogP contribution in [-0.2, 0) is 6.42 Å². The molecule has 0 bridgehead atoms. The quantitative estimate of drug-likeness (QED) is 0.684. The number of ether oxygens (including phenoxy) is 1. The van der Waals surface area contributed by atoms with Crippen LogP contribution in [0.2, 0.25) is 0 Å². The molecule has 2 rings (SSSR count). The van der Waals surface area contributed by atoms with Crippen LogP contribution in [0.15, 0.2) is 12.1 Å². The number of hydrogen-bond donors (Lipinski definition) is 2. The Morgan fingerprint density at radius 2 is 2.38 bits per heavy atom. The third-order valence-electron chi connectivity index (χ3n) is 2.41. The Hall–Kier alpha value is -1.22. The number of aromatic hydroxyl groups is 1. The summed E-state index contributed by atoms with van der Waals surface area (Å²) in [6, 6.07) is 3.39. The summed E-state index contributed by atoms with van der Waals surface area (Å²) in [5.41, 5.74) is 7.66. The van der Waals surface area contributed by atoms with Crippen LogP contribution in [0.1, 0.15) is 24.1 Å². The Morgan fingerprint density at radius 1 is 1.62 bits per heavy atom. The van der Waals surface area contributed by atoms with Crippen molar-refractivity contribution >= 4 is 0 Å². The molecule has 1 aromatic rings. The highest BCUT2D eigenvalue weighted by Crippen LogP contribution is 2.40. The van der Waals surface area contributed by atoms with Gasteiger partial charge in [0.1, 0.15) is 18.1 Å². The molecule has 1 aliphatic heterocycles. The largest absolute Gasteiger partial charge is 0.507 e. The molecule has 1 heterocycles. The van der Waals surface area contributed by atoms with Crippen molar-refractivity contribution in [3.8, 4) is 11.5 Å². The summed E-state index contributed by atoms with van der Waals surface area (Å²) in [5, 5.41) is 9.56. The van der Waals surface area contributed by atoms with Crippen molar-refractivity contribution in [3.63, 3.8) is 0 Å². The highest BCUT2D eigenvalue weighted by Gasteiger charge is 2.26. The lowest BCUT2D eigenvalue weighted by Crippen LogP contribution is -2.10. The van der Waals surface area contributed by atoms with E-state index in [4.69, 9.17) is 10.5 Å². The van der Waals surface area contributed by atoms with E-state index in [-0.39, 0.29) is 11.8 Å². The first kappa shape index (κ1) is 8.38. The summed E-state index contributed by atoms with van der Waals surface area (Å²) in [6.45, 7) is 2.53. The van der Waals surface area contributed by atoms with Gasteiger partial charge in [-0.05, 0) is 18.1 Å². The molecular formula is C10H13NO2. The topological polar surface area (TPSA) is 55.5 Å². The Labute approximate surface area is 77.1 Å². The molecule has 0 aromatic heterocycles. The second-order valence-electron chi connectivity index (χ2n) is 3.26. The fourth-order valence-corrected chi connectivity index (χ4v) is 1.70. The minimum Gasteiger partial charge on any atom is -0.507 e. The van der Waals surface area contributed by atoms with Crippen LogP contribution in [0.4, 0.5) is 0 Å². The maximum Gasteiger partial charge on any atom is 0.131 e. The molecule has 1 aromatic carbocycles. The van der Waals surface area contributed by atoms with Crippen LogP contribution in [-0.4, -0.2) is 11.7 Å². The van der Waals surface area contributed by atoms with Crippen LogP contribution in [0, 0.1) is 0 Å². The third-order valence-corrected chi connectivity index (χ3v) is 2.41. The van der Waals surface area contributed by atoms with E-state index in [1.807, 2.05) is 6.07 Å². The van der Waals surface area contributed by atoms with Gasteiger partial charge in [0.15, 0.2) is 0 Å². The minimum absolute atomic E-state index is 0.179. The Balaban J connectivity index is 2.59. The van der Waals surface area contributed by atoms with E-state index in [2.05, 4.69) is 6.92 Å². The number of benzene rings is 1. The molecule has 3 nitrogen and oxygen atoms in total. The zero-order chi connectivity index (χ0) is 9.42. The number of hydrogen-bond acceptors (Lipinski definition) is 3. The van der Waals surface area contributed by atoms with Gasteiger partial charge in [-0.2, -0.15) is 0 Å². The van der Waals surface area contributed by atoms with E-state index >= 15 is 0 Å². The second-order valence-corrected chi connectivity index (χ2v) is 3.26. The summed E-state index contributed by atoms with van der Waals surface area (Å²) in [6.07, 6.45) is 0.898. The van der Waals surface area contributed by atoms with Crippen molar-refractivity contribution in [2.75, 3.05) is 6.61 Å². The lowest BCUT2D eigenvalue weighted by atomic mass is 10.0. The van der Waals surface area contributed by atoms with E-state index in [1.54, 1.807) is 6.07 Å². The second kappa shape index (κ2) is 2.92. The van der Waals surface area contributed by atoms with Crippen molar-refractivity contribution in [3.05, 3.63) is 23.3 Å². The van der Waals surface area contributed by atoms with E-state index in [1.165, 1.54) is 0 Å². The SMILES string of the molecule is CCc1ccc(O)c2c1OC[C@@H]2N. The van der Waals surface area contributed by atoms with Crippen molar-refractivity contribution < 1.29 is 9.84 Å². The number of rotatable bonds is 1. The van der Waals surface area contributed by atoms with Gasteiger partial charge in [-0.1, -0.05) is 13.0 Å². The van der Waals surface area contributed by atoms with Crippen LogP contribution in [0.5, 0.6) is 11.5 Å². The van der Waals surface area contributed by atoms with Gasteiger partial charge in [-0.25, -0.2) is 0 Å². The summed E-state index contributed by atoms with van der Waals surface area (Å²) >= 11 is 0. The van der Waals surface area contributed by atoms with E-state index < -0.39 is 0 Å². The smallest absolute Gasteiger partial charge is 0.131 e. The molecule has 3 N–H and O–H groups in total. The summed E-state index contributed by atoms with van der Waals surface area (Å²) < 4.78 is 5.43. The zero-order valence-corrected chi connectivity index (χ0v) is 7.58. The Kier molecular flexibility index (Phi) is 1.88. The zero-order valence-electron chi connectivity index (χ0n) is 7.58. The lowest BCUT2D eigenvalue weighted by molar-refractivity contribution is 0.330. The number of phenolic OH excluding ortho intramolecular Hbond substituents is 1. The fraction of sp³-hybridized carbons (Fsp3) is 0.400. The molecule has 1 aliphatic rings. The number of nitrogens with two attached hydrogens (primary N) is 1. The third kappa shape index (κ3) is 1.16. The fourth-order valence-electron chi connectivity index (χ4n) is 1.70. The molecule has 0 saturated carbocycles. The first-order valence-electron chi connectivity index (χ1n) is 4.47. The van der Waals surface area contributed by atoms with Gasteiger partial charge in [-0.3, -0.25) is 0 Å². The predicted octanol–water partition coefficient (Wildman–Crippen LogP) is 1.35. The first-order valence-corrected chi connectivity index (χ1v) is 4.47. The maximum absolute atomic E-state index is 9.56. The van der Waals surface area contributed by atoms with Gasteiger partial charge in [0.25, 0.3) is 0 Å². The van der Waals surface area contributed by atoms with E-state index in [0.717, 1.165) is 23.3 Å². The first-order chi connectivity index (χ1) is 6.24. The summed E-state index contributed by atoms with van der Waals surface area (Å²) in [4.78, 5) is 0. The molecule has 13 heavy (non-hydrogen) atoms. The normalized spacial score (nSPS) is 19.7. The number of aryl methyl sites for hydroxylation is 1. The molecule has 0 spiro atoms. The monoisotopic (exact) mass is 179 g/mol. The average Bonchev–Trinajstić information content (AvgIpc) is 2.50. The molecule has 0 unspecified atom stereocenters. The molecule has 0 fully saturated rings. The molecule has 0 amide bonds. The molecule has 70 valence electrons. The number of phenols is 1. The average molecular weight is 179 g/mol. The molecule has 0 radical (unpaired) electrons. The Morgan fingerprint density at radius 3 is 3.08 bits per heavy atom. The highest BCUT2D eigenvalue weighted by atomic mass is 16.5. The van der Waals surface area contributed by atoms with Crippen LogP contribution >= 0.6 is 0 Å². The summed E-state index contributed by atoms with van der Waals surface area (Å²) in [7, 11) is 0. The van der Waals surface area contributed by atoms with Crippen LogP contribution in [0.25, 0.3) is 0 Å². The van der Waals surface area contributed by atoms with Crippen LogP contribution in [0.3, 0.4) is 0 Å². The van der Waals surface area contributed by atoms with Crippen molar-refractivity contribution in [1.29, 1.82) is 0 Å². The van der Waals surface area contributed by atoms with E-state index in [9.17, 15) is 5.11 Å². The van der Waals surface area contributed by atoms with Crippen molar-refractivity contribution in [2.24, 2.45) is 5.73 Å². The predicted molar refractivity (Wildman–Crippen MR) is 49.9 cm³/mol. The van der Waals surface area contributed by atoms with Gasteiger partial charge in [-0.15, -0.1) is 0 Å². The van der Waals surface area contributed by atoms with Gasteiger partial charge in [0.2, 0.25) is 0 Å². The van der Waals surface area contributed by atoms with Gasteiger partial charge in [0, 0.05) is 0 Å². The van der Waals surface area contributed by atoms with Crippen molar-refractivity contribution in [2.45, 2.75) is 19.4 Å². The minimum atomic E-state index is -0.179. The number of fused-ring (bicyclic) bond motifs is 1. The molecular weight excluding hydrogens is 166 g/mol. The highest BCUT2D eigenvalue weighted by molar-refractivity contribution is 5.53. The molecule has 0 saturated heterocycles. The molecule has 3 heteroatoms. The summed E-state index contributed by atoms with van der Waals surface area (Å²) in [5.74, 6) is 1.03. The Bertz CT molecular complexity index is 336. The van der Waals surface area contributed by atoms with Gasteiger partial charge in [0.05, 0.1) is 11.6 Å². The molecule has 0 aliphatic carbocycles. The lowest BCUT2D eigenvalue weighted by Gasteiger charge is -2.07. The van der Waals surface area contributed by atoms with E-state index in [0.29, 0.717) is 6.61 Å².